The van der Waals surface area contributed by atoms with E-state index in [2.05, 4.69) is 89.6 Å². The van der Waals surface area contributed by atoms with Crippen molar-refractivity contribution in [3.8, 4) is 0 Å². The summed E-state index contributed by atoms with van der Waals surface area (Å²) in [5.41, 5.74) is 1.16. The van der Waals surface area contributed by atoms with E-state index in [-0.39, 0.29) is 11.6 Å². The lowest BCUT2D eigenvalue weighted by molar-refractivity contribution is 0.356. The van der Waals surface area contributed by atoms with E-state index in [4.69, 9.17) is 4.99 Å². The third kappa shape index (κ3) is 6.96. The molecule has 0 aliphatic rings. The zero-order valence-corrected chi connectivity index (χ0v) is 17.9. The predicted molar refractivity (Wildman–Crippen MR) is 115 cm³/mol. The molecular weight excluding hydrogens is 350 g/mol. The van der Waals surface area contributed by atoms with Crippen LogP contribution in [0.1, 0.15) is 52.0 Å². The first kappa shape index (κ1) is 21.9. The number of benzene rings is 1. The first-order chi connectivity index (χ1) is 13.4. The van der Waals surface area contributed by atoms with Crippen molar-refractivity contribution in [2.75, 3.05) is 19.6 Å². The number of rotatable bonds is 10. The van der Waals surface area contributed by atoms with Gasteiger partial charge in [0.2, 0.25) is 0 Å². The maximum Gasteiger partial charge on any atom is 0.191 e. The number of aromatic nitrogens is 3. The Labute approximate surface area is 169 Å². The van der Waals surface area contributed by atoms with Crippen molar-refractivity contribution in [2.24, 2.45) is 4.99 Å². The second-order valence-corrected chi connectivity index (χ2v) is 7.58. The molecule has 1 aromatic carbocycles. The average molecular weight is 386 g/mol. The van der Waals surface area contributed by atoms with Crippen LogP contribution in [0.15, 0.2) is 41.7 Å². The van der Waals surface area contributed by atoms with Gasteiger partial charge in [-0.25, -0.2) is 0 Å². The van der Waals surface area contributed by atoms with Gasteiger partial charge in [-0.1, -0.05) is 37.3 Å². The van der Waals surface area contributed by atoms with Crippen molar-refractivity contribution in [1.82, 2.24) is 30.7 Å². The van der Waals surface area contributed by atoms with Crippen molar-refractivity contribution < 1.29 is 0 Å². The maximum atomic E-state index is 4.78. The minimum Gasteiger partial charge on any atom is -0.357 e. The Morgan fingerprint density at radius 3 is 2.61 bits per heavy atom. The second-order valence-electron chi connectivity index (χ2n) is 7.58. The minimum atomic E-state index is -0.124. The van der Waals surface area contributed by atoms with Crippen LogP contribution < -0.4 is 16.0 Å². The van der Waals surface area contributed by atoms with Gasteiger partial charge in [-0.15, -0.1) is 10.2 Å². The number of aryl methyl sites for hydroxylation is 1. The summed E-state index contributed by atoms with van der Waals surface area (Å²) in [5.74, 6) is 1.83. The Hall–Kier alpha value is -2.41. The van der Waals surface area contributed by atoms with Gasteiger partial charge in [-0.3, -0.25) is 4.99 Å². The van der Waals surface area contributed by atoms with Gasteiger partial charge < -0.3 is 20.5 Å². The normalized spacial score (nSPS) is 13.4. The molecule has 3 N–H and O–H groups in total. The largest absolute Gasteiger partial charge is 0.357 e. The van der Waals surface area contributed by atoms with Crippen LogP contribution in [-0.4, -0.2) is 45.9 Å². The van der Waals surface area contributed by atoms with E-state index in [9.17, 15) is 0 Å². The monoisotopic (exact) mass is 385 g/mol. The summed E-state index contributed by atoms with van der Waals surface area (Å²) in [7, 11) is 0. The number of hydrogen-bond acceptors (Lipinski definition) is 4. The molecule has 0 fully saturated rings. The van der Waals surface area contributed by atoms with Gasteiger partial charge in [0.25, 0.3) is 0 Å². The Morgan fingerprint density at radius 1 is 1.18 bits per heavy atom. The molecule has 1 atom stereocenters. The predicted octanol–water partition coefficient (Wildman–Crippen LogP) is 2.52. The van der Waals surface area contributed by atoms with Crippen LogP contribution >= 0.6 is 0 Å². The van der Waals surface area contributed by atoms with Gasteiger partial charge in [0, 0.05) is 37.6 Å². The second kappa shape index (κ2) is 10.8. The van der Waals surface area contributed by atoms with Crippen LogP contribution in [0.5, 0.6) is 0 Å². The number of aliphatic imine (C=N–C) groups is 1. The molecule has 7 nitrogen and oxygen atoms in total. The van der Waals surface area contributed by atoms with Crippen molar-refractivity contribution in [3.63, 3.8) is 0 Å². The van der Waals surface area contributed by atoms with Gasteiger partial charge >= 0.3 is 0 Å². The Morgan fingerprint density at radius 2 is 1.93 bits per heavy atom. The fourth-order valence-electron chi connectivity index (χ4n) is 3.11. The van der Waals surface area contributed by atoms with Crippen molar-refractivity contribution in [3.05, 3.63) is 48.0 Å². The van der Waals surface area contributed by atoms with E-state index >= 15 is 0 Å². The zero-order valence-electron chi connectivity index (χ0n) is 17.9. The summed E-state index contributed by atoms with van der Waals surface area (Å²) in [6, 6.07) is 10.8. The molecule has 0 bridgehead atoms. The van der Waals surface area contributed by atoms with Crippen molar-refractivity contribution in [1.29, 1.82) is 0 Å². The molecule has 1 aromatic heterocycles. The molecule has 2 aromatic rings. The third-order valence-electron chi connectivity index (χ3n) is 4.54. The fourth-order valence-corrected chi connectivity index (χ4v) is 3.11. The lowest BCUT2D eigenvalue weighted by atomic mass is 10.0. The molecule has 0 aliphatic carbocycles. The highest BCUT2D eigenvalue weighted by atomic mass is 15.3. The van der Waals surface area contributed by atoms with Gasteiger partial charge in [0.1, 0.15) is 12.2 Å². The van der Waals surface area contributed by atoms with E-state index in [1.807, 2.05) is 6.07 Å². The van der Waals surface area contributed by atoms with Gasteiger partial charge in [-0.2, -0.15) is 0 Å². The molecule has 0 amide bonds. The van der Waals surface area contributed by atoms with Crippen LogP contribution in [0, 0.1) is 0 Å². The minimum absolute atomic E-state index is 0.124. The van der Waals surface area contributed by atoms with Crippen LogP contribution in [-0.2, 0) is 13.0 Å². The van der Waals surface area contributed by atoms with Gasteiger partial charge in [0.05, 0.1) is 6.54 Å². The van der Waals surface area contributed by atoms with E-state index in [1.54, 1.807) is 6.33 Å². The number of guanidine groups is 1. The van der Waals surface area contributed by atoms with E-state index in [0.29, 0.717) is 6.54 Å². The maximum absolute atomic E-state index is 4.78. The smallest absolute Gasteiger partial charge is 0.191 e. The molecule has 1 heterocycles. The Bertz CT molecular complexity index is 721. The highest BCUT2D eigenvalue weighted by Crippen LogP contribution is 2.16. The molecule has 7 heteroatoms. The van der Waals surface area contributed by atoms with Crippen molar-refractivity contribution >= 4 is 5.96 Å². The topological polar surface area (TPSA) is 79.2 Å². The number of hydrogen-bond donors (Lipinski definition) is 3. The lowest BCUT2D eigenvalue weighted by Crippen LogP contribution is -2.45. The summed E-state index contributed by atoms with van der Waals surface area (Å²) < 4.78 is 2.07. The third-order valence-corrected chi connectivity index (χ3v) is 4.54. The molecule has 0 aliphatic heterocycles. The molecule has 0 saturated carbocycles. The average Bonchev–Trinajstić information content (AvgIpc) is 3.14. The SMILES string of the molecule is CCNC(=NCC(C)(C)NC(C)c1ccccc1)NCCn1cnnc1CC. The van der Waals surface area contributed by atoms with Crippen LogP contribution in [0.25, 0.3) is 0 Å². The summed E-state index contributed by atoms with van der Waals surface area (Å²) in [5, 5.41) is 18.5. The van der Waals surface area contributed by atoms with Gasteiger partial charge in [-0.05, 0) is 33.3 Å². The first-order valence-corrected chi connectivity index (χ1v) is 10.2. The molecule has 28 heavy (non-hydrogen) atoms. The molecule has 154 valence electrons. The van der Waals surface area contributed by atoms with E-state index in [1.165, 1.54) is 5.56 Å². The molecule has 0 radical (unpaired) electrons. The Kier molecular flexibility index (Phi) is 8.44. The Balaban J connectivity index is 1.89. The number of nitrogens with one attached hydrogen (secondary N) is 3. The van der Waals surface area contributed by atoms with Crippen LogP contribution in [0.2, 0.25) is 0 Å². The molecule has 0 spiro atoms. The van der Waals surface area contributed by atoms with Crippen molar-refractivity contribution in [2.45, 2.75) is 59.2 Å². The van der Waals surface area contributed by atoms with Crippen LogP contribution in [0.4, 0.5) is 0 Å². The quantitative estimate of drug-likeness (QED) is 0.433. The molecule has 1 unspecified atom stereocenters. The molecular formula is C21H35N7. The zero-order chi connectivity index (χ0) is 20.4. The van der Waals surface area contributed by atoms with E-state index < -0.39 is 0 Å². The van der Waals surface area contributed by atoms with E-state index in [0.717, 1.165) is 37.8 Å². The van der Waals surface area contributed by atoms with Gasteiger partial charge in [0.15, 0.2) is 5.96 Å². The highest BCUT2D eigenvalue weighted by Gasteiger charge is 2.20. The lowest BCUT2D eigenvalue weighted by Gasteiger charge is -2.29. The summed E-state index contributed by atoms with van der Waals surface area (Å²) in [6.45, 7) is 13.8. The summed E-state index contributed by atoms with van der Waals surface area (Å²) in [6.07, 6.45) is 2.66. The number of nitrogens with zero attached hydrogens (tertiary/aromatic N) is 4. The summed E-state index contributed by atoms with van der Waals surface area (Å²) in [4.78, 5) is 4.78. The first-order valence-electron chi connectivity index (χ1n) is 10.2. The highest BCUT2D eigenvalue weighted by molar-refractivity contribution is 5.79. The molecule has 2 rings (SSSR count). The molecule has 0 saturated heterocycles. The van der Waals surface area contributed by atoms with Crippen LogP contribution in [0.3, 0.4) is 0 Å². The summed E-state index contributed by atoms with van der Waals surface area (Å²) >= 11 is 0. The fraction of sp³-hybridized carbons (Fsp3) is 0.571. The standard InChI is InChI=1S/C21H35N7/c1-6-19-27-25-16-28(19)14-13-23-20(22-7-2)24-15-21(4,5)26-17(3)18-11-9-8-10-12-18/h8-12,16-17,26H,6-7,13-15H2,1-5H3,(H2,22,23,24).